The Morgan fingerprint density at radius 2 is 1.49 bits per heavy atom. The standard InChI is InChI=1S/C29H28FN3O2/c30-26-17-24(18-32-28(26)23-13-15-31-16-14-23)25-11-12-27(34-19-21-7-3-1-4-8-21)33-29(25)35-20-22-9-5-2-6-10-22/h1-12,17-18,23,31H,13-16,19-20H2. The van der Waals surface area contributed by atoms with Gasteiger partial charge >= 0.3 is 0 Å². The maximum absolute atomic E-state index is 15.1. The van der Waals surface area contributed by atoms with Crippen molar-refractivity contribution in [3.05, 3.63) is 108 Å². The maximum Gasteiger partial charge on any atom is 0.225 e. The van der Waals surface area contributed by atoms with Gasteiger partial charge in [0.15, 0.2) is 0 Å². The predicted molar refractivity (Wildman–Crippen MR) is 134 cm³/mol. The van der Waals surface area contributed by atoms with Gasteiger partial charge in [0.05, 0.1) is 5.69 Å². The van der Waals surface area contributed by atoms with Gasteiger partial charge in [-0.1, -0.05) is 60.7 Å². The van der Waals surface area contributed by atoms with Crippen LogP contribution in [0.15, 0.2) is 85.1 Å². The molecule has 35 heavy (non-hydrogen) atoms. The summed E-state index contributed by atoms with van der Waals surface area (Å²) in [5.41, 5.74) is 3.91. The summed E-state index contributed by atoms with van der Waals surface area (Å²) in [6.07, 6.45) is 3.50. The van der Waals surface area contributed by atoms with E-state index in [1.165, 1.54) is 0 Å². The molecule has 1 aliphatic rings. The van der Waals surface area contributed by atoms with E-state index in [0.717, 1.165) is 37.1 Å². The number of nitrogens with one attached hydrogen (secondary N) is 1. The second-order valence-electron chi connectivity index (χ2n) is 8.67. The Morgan fingerprint density at radius 3 is 2.14 bits per heavy atom. The van der Waals surface area contributed by atoms with Gasteiger partial charge in [-0.2, -0.15) is 4.98 Å². The van der Waals surface area contributed by atoms with E-state index in [-0.39, 0.29) is 11.7 Å². The lowest BCUT2D eigenvalue weighted by Crippen LogP contribution is -2.27. The largest absolute Gasteiger partial charge is 0.473 e. The summed E-state index contributed by atoms with van der Waals surface area (Å²) in [6, 6.07) is 25.0. The number of pyridine rings is 2. The molecule has 2 aromatic heterocycles. The highest BCUT2D eigenvalue weighted by Gasteiger charge is 2.21. The fraction of sp³-hybridized carbons (Fsp3) is 0.241. The van der Waals surface area contributed by atoms with E-state index in [0.29, 0.717) is 41.8 Å². The SMILES string of the molecule is Fc1cc(-c2ccc(OCc3ccccc3)nc2OCc2ccccc2)cnc1C1CCNCC1. The van der Waals surface area contributed by atoms with Crippen molar-refractivity contribution < 1.29 is 13.9 Å². The second-order valence-corrected chi connectivity index (χ2v) is 8.67. The Bertz CT molecular complexity index is 1250. The van der Waals surface area contributed by atoms with Crippen molar-refractivity contribution in [1.29, 1.82) is 0 Å². The van der Waals surface area contributed by atoms with Crippen molar-refractivity contribution in [3.8, 4) is 22.9 Å². The third-order valence-electron chi connectivity index (χ3n) is 6.19. The lowest BCUT2D eigenvalue weighted by molar-refractivity contribution is 0.268. The van der Waals surface area contributed by atoms with Crippen LogP contribution in [0.4, 0.5) is 4.39 Å². The van der Waals surface area contributed by atoms with Crippen LogP contribution in [0.25, 0.3) is 11.1 Å². The number of aromatic nitrogens is 2. The number of ether oxygens (including phenoxy) is 2. The van der Waals surface area contributed by atoms with Gasteiger partial charge in [-0.15, -0.1) is 0 Å². The van der Waals surface area contributed by atoms with Crippen molar-refractivity contribution in [2.45, 2.75) is 32.0 Å². The zero-order valence-electron chi connectivity index (χ0n) is 19.5. The van der Waals surface area contributed by atoms with E-state index < -0.39 is 0 Å². The molecule has 5 rings (SSSR count). The van der Waals surface area contributed by atoms with Crippen molar-refractivity contribution >= 4 is 0 Å². The molecule has 3 heterocycles. The molecule has 1 aliphatic heterocycles. The Balaban J connectivity index is 1.41. The van der Waals surface area contributed by atoms with E-state index in [4.69, 9.17) is 9.47 Å². The van der Waals surface area contributed by atoms with Crippen LogP contribution in [0, 0.1) is 5.82 Å². The summed E-state index contributed by atoms with van der Waals surface area (Å²) in [5.74, 6) is 0.689. The first-order valence-corrected chi connectivity index (χ1v) is 12.0. The van der Waals surface area contributed by atoms with Gasteiger partial charge < -0.3 is 14.8 Å². The third kappa shape index (κ3) is 5.84. The lowest BCUT2D eigenvalue weighted by Gasteiger charge is -2.22. The molecule has 0 saturated carbocycles. The molecule has 1 fully saturated rings. The third-order valence-corrected chi connectivity index (χ3v) is 6.19. The zero-order chi connectivity index (χ0) is 23.9. The summed E-state index contributed by atoms with van der Waals surface area (Å²) in [6.45, 7) is 2.51. The highest BCUT2D eigenvalue weighted by molar-refractivity contribution is 5.68. The van der Waals surface area contributed by atoms with Crippen molar-refractivity contribution in [2.24, 2.45) is 0 Å². The maximum atomic E-state index is 15.1. The van der Waals surface area contributed by atoms with Crippen LogP contribution in [-0.2, 0) is 13.2 Å². The summed E-state index contributed by atoms with van der Waals surface area (Å²) in [7, 11) is 0. The van der Waals surface area contributed by atoms with Crippen molar-refractivity contribution in [2.75, 3.05) is 13.1 Å². The van der Waals surface area contributed by atoms with Crippen LogP contribution in [0.1, 0.15) is 35.6 Å². The predicted octanol–water partition coefficient (Wildman–Crippen LogP) is 5.91. The minimum absolute atomic E-state index is 0.144. The van der Waals surface area contributed by atoms with Gasteiger partial charge in [0.25, 0.3) is 0 Å². The van der Waals surface area contributed by atoms with Crippen LogP contribution < -0.4 is 14.8 Å². The van der Waals surface area contributed by atoms with E-state index in [1.54, 1.807) is 18.3 Å². The zero-order valence-corrected chi connectivity index (χ0v) is 19.5. The normalized spacial score (nSPS) is 14.0. The molecule has 6 heteroatoms. The Hall–Kier alpha value is -3.77. The van der Waals surface area contributed by atoms with Gasteiger partial charge in [0.1, 0.15) is 19.0 Å². The Kier molecular flexibility index (Phi) is 7.29. The van der Waals surface area contributed by atoms with Crippen molar-refractivity contribution in [3.63, 3.8) is 0 Å². The molecule has 0 atom stereocenters. The number of rotatable bonds is 8. The molecule has 0 amide bonds. The summed E-state index contributed by atoms with van der Waals surface area (Å²) >= 11 is 0. The summed E-state index contributed by atoms with van der Waals surface area (Å²) in [4.78, 5) is 9.14. The highest BCUT2D eigenvalue weighted by atomic mass is 19.1. The van der Waals surface area contributed by atoms with Gasteiger partial charge in [-0.3, -0.25) is 4.98 Å². The minimum atomic E-state index is -0.284. The molecule has 0 unspecified atom stereocenters. The number of hydrogen-bond acceptors (Lipinski definition) is 5. The first kappa shape index (κ1) is 23.0. The summed E-state index contributed by atoms with van der Waals surface area (Å²) < 4.78 is 27.1. The van der Waals surface area contributed by atoms with E-state index in [9.17, 15) is 0 Å². The van der Waals surface area contributed by atoms with Gasteiger partial charge in [0, 0.05) is 29.3 Å². The number of hydrogen-bond donors (Lipinski definition) is 1. The van der Waals surface area contributed by atoms with E-state index in [2.05, 4.69) is 15.3 Å². The van der Waals surface area contributed by atoms with Crippen LogP contribution >= 0.6 is 0 Å². The molecule has 0 bridgehead atoms. The van der Waals surface area contributed by atoms with Crippen LogP contribution in [0.5, 0.6) is 11.8 Å². The molecule has 1 N–H and O–H groups in total. The van der Waals surface area contributed by atoms with Gasteiger partial charge in [-0.05, 0) is 49.2 Å². The lowest BCUT2D eigenvalue weighted by atomic mass is 9.93. The van der Waals surface area contributed by atoms with Crippen molar-refractivity contribution in [1.82, 2.24) is 15.3 Å². The molecule has 4 aromatic rings. The van der Waals surface area contributed by atoms with Crippen LogP contribution in [-0.4, -0.2) is 23.1 Å². The smallest absolute Gasteiger partial charge is 0.225 e. The first-order chi connectivity index (χ1) is 17.3. The Labute approximate surface area is 205 Å². The fourth-order valence-corrected chi connectivity index (χ4v) is 4.28. The van der Waals surface area contributed by atoms with Crippen LogP contribution in [0.3, 0.4) is 0 Å². The molecular formula is C29H28FN3O2. The van der Waals surface area contributed by atoms with Gasteiger partial charge in [0.2, 0.25) is 11.8 Å². The molecule has 0 aliphatic carbocycles. The topological polar surface area (TPSA) is 56.3 Å². The van der Waals surface area contributed by atoms with Crippen LogP contribution in [0.2, 0.25) is 0 Å². The number of nitrogens with zero attached hydrogens (tertiary/aromatic N) is 2. The quantitative estimate of drug-likeness (QED) is 0.348. The average molecular weight is 470 g/mol. The Morgan fingerprint density at radius 1 is 0.829 bits per heavy atom. The number of benzene rings is 2. The summed E-state index contributed by atoms with van der Waals surface area (Å²) in [5, 5.41) is 3.32. The minimum Gasteiger partial charge on any atom is -0.473 e. The fourth-order valence-electron chi connectivity index (χ4n) is 4.28. The molecule has 1 saturated heterocycles. The molecule has 0 radical (unpaired) electrons. The second kappa shape index (κ2) is 11.1. The first-order valence-electron chi connectivity index (χ1n) is 12.0. The molecule has 178 valence electrons. The number of halogens is 1. The van der Waals surface area contributed by atoms with E-state index in [1.807, 2.05) is 66.7 Å². The molecule has 0 spiro atoms. The molecule has 2 aromatic carbocycles. The number of piperidine rings is 1. The highest BCUT2D eigenvalue weighted by Crippen LogP contribution is 2.34. The van der Waals surface area contributed by atoms with E-state index >= 15 is 4.39 Å². The molecular weight excluding hydrogens is 441 g/mol. The van der Waals surface area contributed by atoms with Gasteiger partial charge in [-0.25, -0.2) is 4.39 Å². The average Bonchev–Trinajstić information content (AvgIpc) is 2.92. The molecule has 5 nitrogen and oxygen atoms in total. The monoisotopic (exact) mass is 469 g/mol.